The summed E-state index contributed by atoms with van der Waals surface area (Å²) >= 11 is 5.37. The second kappa shape index (κ2) is 8.82. The van der Waals surface area contributed by atoms with E-state index in [1.54, 1.807) is 0 Å². The fourth-order valence-electron chi connectivity index (χ4n) is 0.509. The Bertz CT molecular complexity index is 77.4. The summed E-state index contributed by atoms with van der Waals surface area (Å²) in [6, 6.07) is 0. The number of hydrogen-bond acceptors (Lipinski definition) is 1. The van der Waals surface area contributed by atoms with Gasteiger partial charge in [-0.15, -0.1) is 0 Å². The highest BCUT2D eigenvalue weighted by Crippen LogP contribution is 2.23. The number of hydrogen-bond donors (Lipinski definition) is 0. The molecule has 4 heteroatoms. The van der Waals surface area contributed by atoms with E-state index in [0.29, 0.717) is 0 Å². The van der Waals surface area contributed by atoms with E-state index in [1.165, 1.54) is 33.8 Å². The first kappa shape index (κ1) is 9.82. The van der Waals surface area contributed by atoms with Gasteiger partial charge < -0.3 is 0 Å². The van der Waals surface area contributed by atoms with Crippen LogP contribution in [-0.4, -0.2) is 6.16 Å². The van der Waals surface area contributed by atoms with Gasteiger partial charge in [0.25, 0.3) is 0 Å². The van der Waals surface area contributed by atoms with E-state index in [2.05, 4.69) is 11.4 Å². The predicted octanol–water partition coefficient (Wildman–Crippen LogP) is 4.05. The van der Waals surface area contributed by atoms with Crippen molar-refractivity contribution in [3.63, 3.8) is 0 Å². The van der Waals surface area contributed by atoms with Crippen molar-refractivity contribution in [1.29, 1.82) is 0 Å². The lowest BCUT2D eigenvalue weighted by Gasteiger charge is -1.88. The van der Waals surface area contributed by atoms with E-state index in [9.17, 15) is 0 Å². The van der Waals surface area contributed by atoms with Crippen molar-refractivity contribution in [2.24, 2.45) is 4.52 Å². The van der Waals surface area contributed by atoms with Crippen molar-refractivity contribution in [3.05, 3.63) is 0 Å². The molecule has 54 valence electrons. The van der Waals surface area contributed by atoms with E-state index < -0.39 is 0 Å². The zero-order valence-corrected chi connectivity index (χ0v) is 8.25. The largest absolute Gasteiger partial charge is 0.232 e. The van der Waals surface area contributed by atoms with Crippen molar-refractivity contribution in [1.82, 2.24) is 0 Å². The lowest BCUT2D eigenvalue weighted by Crippen LogP contribution is -1.71. The molecular formula is C5H12ClNP2. The molecule has 0 aliphatic rings. The van der Waals surface area contributed by atoms with Gasteiger partial charge in [0.2, 0.25) is 0 Å². The Kier molecular flexibility index (Phi) is 9.62. The van der Waals surface area contributed by atoms with E-state index in [-0.39, 0.29) is 8.08 Å². The molecule has 0 saturated carbocycles. The molecular weight excluding hydrogens is 171 g/mol. The van der Waals surface area contributed by atoms with Crippen molar-refractivity contribution < 1.29 is 0 Å². The van der Waals surface area contributed by atoms with Crippen LogP contribution in [0.3, 0.4) is 0 Å². The molecule has 0 bridgehead atoms. The molecule has 0 amide bonds. The van der Waals surface area contributed by atoms with Crippen molar-refractivity contribution in [2.45, 2.75) is 26.2 Å². The topological polar surface area (TPSA) is 12.4 Å². The van der Waals surface area contributed by atoms with Crippen LogP contribution in [0.1, 0.15) is 26.2 Å². The Morgan fingerprint density at radius 2 is 2.33 bits per heavy atom. The summed E-state index contributed by atoms with van der Waals surface area (Å²) in [4.78, 5) is 0. The monoisotopic (exact) mass is 183 g/mol. The van der Waals surface area contributed by atoms with Crippen LogP contribution in [0.25, 0.3) is 0 Å². The zero-order valence-electron chi connectivity index (χ0n) is 5.60. The van der Waals surface area contributed by atoms with Crippen LogP contribution < -0.4 is 0 Å². The highest BCUT2D eigenvalue weighted by molar-refractivity contribution is 7.69. The summed E-state index contributed by atoms with van der Waals surface area (Å²) in [6.07, 6.45) is 5.10. The summed E-state index contributed by atoms with van der Waals surface area (Å²) in [7, 11) is 1.43. The van der Waals surface area contributed by atoms with E-state index in [4.69, 9.17) is 11.2 Å². The first-order valence-electron chi connectivity index (χ1n) is 3.14. The third-order valence-electron chi connectivity index (χ3n) is 0.970. The van der Waals surface area contributed by atoms with Crippen LogP contribution in [0.5, 0.6) is 0 Å². The molecule has 1 nitrogen and oxygen atoms in total. The molecule has 9 heavy (non-hydrogen) atoms. The minimum atomic E-state index is 0.255. The Balaban J connectivity index is 2.82. The summed E-state index contributed by atoms with van der Waals surface area (Å²) in [6.45, 7) is 2.21. The molecule has 0 aliphatic heterocycles. The number of unbranched alkanes of at least 4 members (excludes halogenated alkanes) is 2. The first-order valence-corrected chi connectivity index (χ1v) is 6.13. The van der Waals surface area contributed by atoms with Gasteiger partial charge in [-0.2, -0.15) is 0 Å². The molecule has 1 atom stereocenters. The molecule has 0 aromatic carbocycles. The van der Waals surface area contributed by atoms with Gasteiger partial charge in [0.05, 0.1) is 0 Å². The number of nitrogens with zero attached hydrogens (tertiary/aromatic N) is 1. The maximum Gasteiger partial charge on any atom is 0.101 e. The minimum Gasteiger partial charge on any atom is -0.232 e. The molecule has 0 rings (SSSR count). The maximum atomic E-state index is 5.37. The maximum absolute atomic E-state index is 5.37. The van der Waals surface area contributed by atoms with Gasteiger partial charge in [0, 0.05) is 14.5 Å². The average molecular weight is 184 g/mol. The van der Waals surface area contributed by atoms with Gasteiger partial charge in [-0.25, -0.2) is 4.52 Å². The van der Waals surface area contributed by atoms with Crippen LogP contribution in [0.4, 0.5) is 0 Å². The van der Waals surface area contributed by atoms with Gasteiger partial charge in [-0.05, 0) is 6.42 Å². The van der Waals surface area contributed by atoms with Crippen molar-refractivity contribution >= 4 is 27.7 Å². The van der Waals surface area contributed by atoms with Crippen LogP contribution >= 0.6 is 27.7 Å². The van der Waals surface area contributed by atoms with Gasteiger partial charge in [-0.1, -0.05) is 31.0 Å². The Morgan fingerprint density at radius 1 is 1.56 bits per heavy atom. The Morgan fingerprint density at radius 3 is 2.89 bits per heavy atom. The fourth-order valence-corrected chi connectivity index (χ4v) is 1.97. The van der Waals surface area contributed by atoms with Crippen molar-refractivity contribution in [2.75, 3.05) is 6.16 Å². The quantitative estimate of drug-likeness (QED) is 0.450. The molecule has 0 radical (unpaired) electrons. The van der Waals surface area contributed by atoms with Gasteiger partial charge in [0.15, 0.2) is 0 Å². The second-order valence-electron chi connectivity index (χ2n) is 1.76. The lowest BCUT2D eigenvalue weighted by atomic mass is 10.3. The van der Waals surface area contributed by atoms with Crippen molar-refractivity contribution in [3.8, 4) is 0 Å². The first-order chi connectivity index (χ1) is 4.41. The standard InChI is InChI=1S/C5H12ClNP2/c1-2-3-4-5-8-7-9-6/h9H,2-5H2,1H3. The Labute approximate surface area is 65.1 Å². The third kappa shape index (κ3) is 8.82. The molecule has 0 spiro atoms. The summed E-state index contributed by atoms with van der Waals surface area (Å²) < 4.78 is 4.01. The van der Waals surface area contributed by atoms with Crippen LogP contribution in [0.2, 0.25) is 0 Å². The van der Waals surface area contributed by atoms with Gasteiger partial charge in [0.1, 0.15) is 8.08 Å². The van der Waals surface area contributed by atoms with Gasteiger partial charge >= 0.3 is 0 Å². The highest BCUT2D eigenvalue weighted by Gasteiger charge is 1.81. The van der Waals surface area contributed by atoms with E-state index >= 15 is 0 Å². The summed E-state index contributed by atoms with van der Waals surface area (Å²) in [5.74, 6) is 0. The summed E-state index contributed by atoms with van der Waals surface area (Å²) in [5, 5.41) is 0. The molecule has 1 unspecified atom stereocenters. The molecule has 0 aromatic heterocycles. The van der Waals surface area contributed by atoms with Gasteiger partial charge in [-0.3, -0.25) is 0 Å². The van der Waals surface area contributed by atoms with Crippen LogP contribution in [0.15, 0.2) is 4.52 Å². The second-order valence-corrected chi connectivity index (χ2v) is 3.96. The van der Waals surface area contributed by atoms with E-state index in [1.807, 2.05) is 0 Å². The molecule has 0 saturated heterocycles. The fraction of sp³-hybridized carbons (Fsp3) is 1.00. The highest BCUT2D eigenvalue weighted by atomic mass is 35.7. The normalized spacial score (nSPS) is 12.2. The predicted molar refractivity (Wildman–Crippen MR) is 47.9 cm³/mol. The molecule has 0 aliphatic carbocycles. The molecule has 0 aromatic rings. The molecule has 0 heterocycles. The van der Waals surface area contributed by atoms with Crippen LogP contribution in [0, 0.1) is 0 Å². The smallest absolute Gasteiger partial charge is 0.101 e. The Hall–Kier alpha value is 0.820. The average Bonchev–Trinajstić information content (AvgIpc) is 1.89. The zero-order chi connectivity index (χ0) is 6.95. The molecule has 0 fully saturated rings. The van der Waals surface area contributed by atoms with E-state index in [0.717, 1.165) is 0 Å². The van der Waals surface area contributed by atoms with Crippen LogP contribution in [-0.2, 0) is 0 Å². The number of halogens is 1. The third-order valence-corrected chi connectivity index (χ3v) is 3.03. The lowest BCUT2D eigenvalue weighted by molar-refractivity contribution is 0.778. The SMILES string of the molecule is CCCCCP=NPCl. The number of rotatable bonds is 5. The summed E-state index contributed by atoms with van der Waals surface area (Å²) in [5.41, 5.74) is 0. The molecule has 0 N–H and O–H groups in total. The minimum absolute atomic E-state index is 0.255.